The summed E-state index contributed by atoms with van der Waals surface area (Å²) in [5, 5.41) is 0. The van der Waals surface area contributed by atoms with E-state index in [1.165, 1.54) is 114 Å². The molecule has 0 aromatic rings. The Balaban J connectivity index is 0. The molecule has 0 N–H and O–H groups in total. The summed E-state index contributed by atoms with van der Waals surface area (Å²) in [6.45, 7) is 4.91. The Morgan fingerprint density at radius 3 is 1.19 bits per heavy atom. The molecule has 0 aromatic carbocycles. The van der Waals surface area contributed by atoms with Crippen LogP contribution in [0.5, 0.6) is 0 Å². The highest BCUT2D eigenvalue weighted by Crippen LogP contribution is 2.18. The maximum Gasteiger partial charge on any atom is 0.500 e. The van der Waals surface area contributed by atoms with Gasteiger partial charge in [-0.25, -0.2) is 0 Å². The van der Waals surface area contributed by atoms with E-state index in [2.05, 4.69) is 21.0 Å². The van der Waals surface area contributed by atoms with Gasteiger partial charge in [-0.1, -0.05) is 77.6 Å². The minimum absolute atomic E-state index is 0. The first-order valence-electron chi connectivity index (χ1n) is 12.9. The van der Waals surface area contributed by atoms with Crippen molar-refractivity contribution in [2.75, 3.05) is 48.5 Å². The molecule has 0 fully saturated rings. The van der Waals surface area contributed by atoms with Gasteiger partial charge in [0.15, 0.2) is 0 Å². The van der Waals surface area contributed by atoms with E-state index in [-0.39, 0.29) is 12.4 Å². The van der Waals surface area contributed by atoms with E-state index in [0.29, 0.717) is 0 Å². The van der Waals surface area contributed by atoms with Crippen LogP contribution in [0.2, 0.25) is 6.04 Å². The molecule has 0 bridgehead atoms. The standard InChI is InChI=1S/C25H56NO3Si.ClH/c1-7-8-9-10-11-12-13-14-15-16-17-20-23-26(2,3)24-21-18-19-22-25-30(27-4,28-5)29-6;/h7-25H2,1-6H3;1H/q+1;/p-1. The van der Waals surface area contributed by atoms with Crippen molar-refractivity contribution in [3.05, 3.63) is 0 Å². The molecule has 0 aliphatic carbocycles. The highest BCUT2D eigenvalue weighted by molar-refractivity contribution is 6.60. The second kappa shape index (κ2) is 22.2. The zero-order valence-corrected chi connectivity index (χ0v) is 23.7. The van der Waals surface area contributed by atoms with Crippen molar-refractivity contribution in [2.45, 2.75) is 116 Å². The van der Waals surface area contributed by atoms with Crippen molar-refractivity contribution < 1.29 is 30.2 Å². The molecule has 31 heavy (non-hydrogen) atoms. The summed E-state index contributed by atoms with van der Waals surface area (Å²) in [4.78, 5) is 0. The summed E-state index contributed by atoms with van der Waals surface area (Å²) in [5.74, 6) is 0. The Labute approximate surface area is 203 Å². The summed E-state index contributed by atoms with van der Waals surface area (Å²) >= 11 is 0. The van der Waals surface area contributed by atoms with Gasteiger partial charge >= 0.3 is 8.80 Å². The average molecular weight is 482 g/mol. The SMILES string of the molecule is CCCCCCCCCCCCCC[N+](C)(C)CCCCCC[Si](OC)(OC)OC.[Cl-]. The van der Waals surface area contributed by atoms with Gasteiger partial charge in [0.1, 0.15) is 0 Å². The maximum absolute atomic E-state index is 5.50. The molecule has 0 aromatic heterocycles. The van der Waals surface area contributed by atoms with Crippen LogP contribution in [0.3, 0.4) is 0 Å². The highest BCUT2D eigenvalue weighted by Gasteiger charge is 2.36. The van der Waals surface area contributed by atoms with Crippen molar-refractivity contribution in [3.8, 4) is 0 Å². The van der Waals surface area contributed by atoms with Crippen molar-refractivity contribution in [3.63, 3.8) is 0 Å². The summed E-state index contributed by atoms with van der Waals surface area (Å²) < 4.78 is 17.7. The zero-order valence-electron chi connectivity index (χ0n) is 22.0. The number of halogens is 1. The Hall–Kier alpha value is 0.347. The fourth-order valence-electron chi connectivity index (χ4n) is 4.28. The van der Waals surface area contributed by atoms with E-state index in [1.807, 2.05) is 0 Å². The van der Waals surface area contributed by atoms with E-state index in [9.17, 15) is 0 Å². The summed E-state index contributed by atoms with van der Waals surface area (Å²) in [6, 6.07) is 0.924. The molecule has 6 heteroatoms. The molecule has 0 unspecified atom stereocenters. The van der Waals surface area contributed by atoms with Gasteiger partial charge in [0.05, 0.1) is 27.2 Å². The molecule has 0 aliphatic heterocycles. The van der Waals surface area contributed by atoms with E-state index < -0.39 is 8.80 Å². The van der Waals surface area contributed by atoms with Crippen LogP contribution in [0.4, 0.5) is 0 Å². The minimum Gasteiger partial charge on any atom is -1.00 e. The molecular weight excluding hydrogens is 426 g/mol. The molecule has 0 amide bonds. The fraction of sp³-hybridized carbons (Fsp3) is 1.00. The minimum atomic E-state index is -2.36. The third-order valence-electron chi connectivity index (χ3n) is 6.55. The molecule has 0 radical (unpaired) electrons. The molecule has 0 spiro atoms. The van der Waals surface area contributed by atoms with Gasteiger partial charge in [-0.05, 0) is 32.1 Å². The van der Waals surface area contributed by atoms with Gasteiger partial charge < -0.3 is 30.2 Å². The van der Waals surface area contributed by atoms with Crippen LogP contribution in [-0.4, -0.2) is 61.8 Å². The average Bonchev–Trinajstić information content (AvgIpc) is 2.74. The van der Waals surface area contributed by atoms with E-state index in [1.54, 1.807) is 21.3 Å². The first kappa shape index (κ1) is 33.5. The van der Waals surface area contributed by atoms with Crippen LogP contribution < -0.4 is 12.4 Å². The Morgan fingerprint density at radius 1 is 0.516 bits per heavy atom. The normalized spacial score (nSPS) is 12.2. The third-order valence-corrected chi connectivity index (χ3v) is 9.38. The third kappa shape index (κ3) is 19.5. The lowest BCUT2D eigenvalue weighted by Gasteiger charge is -2.30. The maximum atomic E-state index is 5.50. The molecule has 0 saturated carbocycles. The van der Waals surface area contributed by atoms with Crippen molar-refractivity contribution >= 4 is 8.80 Å². The lowest BCUT2D eigenvalue weighted by Crippen LogP contribution is -3.00. The topological polar surface area (TPSA) is 27.7 Å². The first-order chi connectivity index (χ1) is 14.4. The van der Waals surface area contributed by atoms with Gasteiger partial charge in [-0.2, -0.15) is 0 Å². The second-order valence-corrected chi connectivity index (χ2v) is 12.8. The van der Waals surface area contributed by atoms with Crippen LogP contribution >= 0.6 is 0 Å². The van der Waals surface area contributed by atoms with Crippen LogP contribution in [0, 0.1) is 0 Å². The zero-order chi connectivity index (χ0) is 22.6. The Bertz CT molecular complexity index is 360. The molecule has 0 saturated heterocycles. The Morgan fingerprint density at radius 2 is 0.839 bits per heavy atom. The van der Waals surface area contributed by atoms with Crippen LogP contribution in [-0.2, 0) is 13.3 Å². The van der Waals surface area contributed by atoms with Crippen molar-refractivity contribution in [1.82, 2.24) is 0 Å². The highest BCUT2D eigenvalue weighted by atomic mass is 35.5. The molecule has 0 aliphatic rings. The molecule has 190 valence electrons. The van der Waals surface area contributed by atoms with Crippen LogP contribution in [0.25, 0.3) is 0 Å². The number of hydrogen-bond acceptors (Lipinski definition) is 3. The van der Waals surface area contributed by atoms with Crippen LogP contribution in [0.1, 0.15) is 110 Å². The number of hydrogen-bond donors (Lipinski definition) is 0. The number of quaternary nitrogens is 1. The van der Waals surface area contributed by atoms with Crippen molar-refractivity contribution in [2.24, 2.45) is 0 Å². The molecule has 0 heterocycles. The predicted molar refractivity (Wildman–Crippen MR) is 133 cm³/mol. The van der Waals surface area contributed by atoms with Crippen LogP contribution in [0.15, 0.2) is 0 Å². The lowest BCUT2D eigenvalue weighted by atomic mass is 10.1. The monoisotopic (exact) mass is 481 g/mol. The Kier molecular flexibility index (Phi) is 24.0. The quantitative estimate of drug-likeness (QED) is 0.124. The predicted octanol–water partition coefficient (Wildman–Crippen LogP) is 4.21. The van der Waals surface area contributed by atoms with E-state index >= 15 is 0 Å². The molecule has 0 atom stereocenters. The molecule has 4 nitrogen and oxygen atoms in total. The lowest BCUT2D eigenvalue weighted by molar-refractivity contribution is -0.890. The van der Waals surface area contributed by atoms with Gasteiger partial charge in [-0.3, -0.25) is 0 Å². The van der Waals surface area contributed by atoms with Gasteiger partial charge in [0.2, 0.25) is 0 Å². The van der Waals surface area contributed by atoms with E-state index in [0.717, 1.165) is 12.5 Å². The van der Waals surface area contributed by atoms with Gasteiger partial charge in [-0.15, -0.1) is 0 Å². The van der Waals surface area contributed by atoms with Gasteiger partial charge in [0, 0.05) is 27.4 Å². The van der Waals surface area contributed by atoms with Gasteiger partial charge in [0.25, 0.3) is 0 Å². The second-order valence-electron chi connectivity index (χ2n) is 9.73. The number of rotatable bonds is 23. The molecular formula is C25H56ClNO3Si. The molecule has 0 rings (SSSR count). The summed E-state index contributed by atoms with van der Waals surface area (Å²) in [7, 11) is 7.55. The number of unbranched alkanes of at least 4 members (excludes halogenated alkanes) is 14. The van der Waals surface area contributed by atoms with Crippen molar-refractivity contribution in [1.29, 1.82) is 0 Å². The van der Waals surface area contributed by atoms with E-state index in [4.69, 9.17) is 13.3 Å². The summed E-state index contributed by atoms with van der Waals surface area (Å²) in [5.41, 5.74) is 0. The smallest absolute Gasteiger partial charge is 0.500 e. The first-order valence-corrected chi connectivity index (χ1v) is 14.9. The fourth-order valence-corrected chi connectivity index (χ4v) is 6.08. The number of nitrogens with zero attached hydrogens (tertiary/aromatic N) is 1. The summed E-state index contributed by atoms with van der Waals surface area (Å²) in [6.07, 6.45) is 22.1. The largest absolute Gasteiger partial charge is 1.00 e.